The Balaban J connectivity index is 1.44. The number of rotatable bonds is 7. The molecule has 0 saturated carbocycles. The quantitative estimate of drug-likeness (QED) is 0.507. The first-order valence-corrected chi connectivity index (χ1v) is 12.3. The smallest absolute Gasteiger partial charge is 0.326 e. The summed E-state index contributed by atoms with van der Waals surface area (Å²) >= 11 is 0. The maximum Gasteiger partial charge on any atom is 0.326 e. The number of amides is 4. The average molecular weight is 483 g/mol. The van der Waals surface area contributed by atoms with Gasteiger partial charge >= 0.3 is 6.03 Å². The summed E-state index contributed by atoms with van der Waals surface area (Å²) in [5, 5.41) is 5.98. The number of imide groups is 1. The number of urea groups is 1. The lowest BCUT2D eigenvalue weighted by Gasteiger charge is -2.32. The third-order valence-electron chi connectivity index (χ3n) is 6.99. The van der Waals surface area contributed by atoms with Crippen molar-refractivity contribution in [2.45, 2.75) is 30.8 Å². The minimum Gasteiger partial charge on any atom is -0.355 e. The molecule has 2 heterocycles. The monoisotopic (exact) mass is 482 g/mol. The van der Waals surface area contributed by atoms with Crippen LogP contribution in [0.5, 0.6) is 0 Å². The number of carbonyl (C=O) groups is 3. The second kappa shape index (κ2) is 10.3. The highest BCUT2D eigenvalue weighted by atomic mass is 16.2. The Labute approximate surface area is 211 Å². The fourth-order valence-electron chi connectivity index (χ4n) is 5.22. The van der Waals surface area contributed by atoms with Gasteiger partial charge in [-0.2, -0.15) is 0 Å². The van der Waals surface area contributed by atoms with Crippen LogP contribution in [0.4, 0.5) is 4.79 Å². The van der Waals surface area contributed by atoms with Crippen LogP contribution >= 0.6 is 0 Å². The zero-order valence-electron chi connectivity index (χ0n) is 20.1. The van der Waals surface area contributed by atoms with Gasteiger partial charge in [0, 0.05) is 38.4 Å². The number of carbonyl (C=O) groups excluding carboxylic acids is 3. The zero-order chi connectivity index (χ0) is 25.0. The van der Waals surface area contributed by atoms with Crippen LogP contribution in [0.3, 0.4) is 0 Å². The minimum atomic E-state index is -1.08. The number of nitrogens with one attached hydrogen (secondary N) is 2. The lowest BCUT2D eigenvalue weighted by atomic mass is 9.84. The van der Waals surface area contributed by atoms with Gasteiger partial charge in [-0.15, -0.1) is 0 Å². The van der Waals surface area contributed by atoms with Gasteiger partial charge in [-0.25, -0.2) is 9.69 Å². The summed E-state index contributed by atoms with van der Waals surface area (Å²) in [7, 11) is 0. The molecular formula is C29H30N4O3. The Kier molecular flexibility index (Phi) is 6.82. The summed E-state index contributed by atoms with van der Waals surface area (Å²) < 4.78 is 0. The normalized spacial score (nSPS) is 20.1. The molecule has 0 aromatic heterocycles. The van der Waals surface area contributed by atoms with Crippen molar-refractivity contribution in [1.82, 2.24) is 20.4 Å². The molecule has 36 heavy (non-hydrogen) atoms. The van der Waals surface area contributed by atoms with Gasteiger partial charge in [-0.1, -0.05) is 91.0 Å². The van der Waals surface area contributed by atoms with Crippen molar-refractivity contribution in [3.8, 4) is 0 Å². The molecule has 0 spiro atoms. The molecule has 4 amide bonds. The summed E-state index contributed by atoms with van der Waals surface area (Å²) in [6.07, 6.45) is 1.06. The molecule has 7 nitrogen and oxygen atoms in total. The SMILES string of the molecule is O=C1C[C@H](c2ccccc2)N(CN2C(=O)NC(Cc3ccccc3)(Cc3ccccc3)C2=O)CCN1. The van der Waals surface area contributed by atoms with E-state index in [1.807, 2.05) is 95.9 Å². The highest BCUT2D eigenvalue weighted by Crippen LogP contribution is 2.30. The average Bonchev–Trinajstić information content (AvgIpc) is 3.01. The van der Waals surface area contributed by atoms with Crippen LogP contribution < -0.4 is 10.6 Å². The van der Waals surface area contributed by atoms with Crippen molar-refractivity contribution in [2.24, 2.45) is 0 Å². The van der Waals surface area contributed by atoms with Crippen LogP contribution in [0.2, 0.25) is 0 Å². The Morgan fingerprint density at radius 3 is 1.92 bits per heavy atom. The van der Waals surface area contributed by atoms with E-state index in [9.17, 15) is 14.4 Å². The summed E-state index contributed by atoms with van der Waals surface area (Å²) in [5.41, 5.74) is 1.87. The Hall–Kier alpha value is -3.97. The summed E-state index contributed by atoms with van der Waals surface area (Å²) in [5.74, 6) is -0.276. The van der Waals surface area contributed by atoms with E-state index in [-0.39, 0.29) is 30.9 Å². The van der Waals surface area contributed by atoms with Gasteiger partial charge in [-0.05, 0) is 16.7 Å². The molecule has 7 heteroatoms. The summed E-state index contributed by atoms with van der Waals surface area (Å²) in [6.45, 7) is 1.11. The van der Waals surface area contributed by atoms with Crippen molar-refractivity contribution in [3.63, 3.8) is 0 Å². The topological polar surface area (TPSA) is 81.8 Å². The molecule has 184 valence electrons. The molecule has 0 unspecified atom stereocenters. The van der Waals surface area contributed by atoms with Gasteiger partial charge in [0.25, 0.3) is 5.91 Å². The maximum atomic E-state index is 14.0. The molecule has 0 aliphatic carbocycles. The van der Waals surface area contributed by atoms with Crippen LogP contribution in [-0.2, 0) is 22.4 Å². The Morgan fingerprint density at radius 1 is 0.778 bits per heavy atom. The molecule has 2 N–H and O–H groups in total. The van der Waals surface area contributed by atoms with E-state index >= 15 is 0 Å². The molecule has 3 aromatic rings. The van der Waals surface area contributed by atoms with Gasteiger partial charge in [0.05, 0.1) is 6.67 Å². The molecule has 2 fully saturated rings. The van der Waals surface area contributed by atoms with Crippen LogP contribution in [0.25, 0.3) is 0 Å². The Bertz CT molecular complexity index is 1180. The van der Waals surface area contributed by atoms with Crippen molar-refractivity contribution in [2.75, 3.05) is 19.8 Å². The fraction of sp³-hybridized carbons (Fsp3) is 0.276. The van der Waals surface area contributed by atoms with Crippen LogP contribution in [0.15, 0.2) is 91.0 Å². The van der Waals surface area contributed by atoms with Gasteiger partial charge < -0.3 is 10.6 Å². The molecule has 2 aliphatic heterocycles. The van der Waals surface area contributed by atoms with E-state index < -0.39 is 11.6 Å². The van der Waals surface area contributed by atoms with E-state index in [1.165, 1.54) is 4.90 Å². The summed E-state index contributed by atoms with van der Waals surface area (Å²) in [4.78, 5) is 43.1. The standard InChI is InChI=1S/C29H30N4O3/c34-26-18-25(24-14-8-3-9-15-24)32(17-16-30-26)21-33-27(35)29(31-28(33)36,19-22-10-4-1-5-11-22)20-23-12-6-2-7-13-23/h1-15,25H,16-21H2,(H,30,34)(H,31,36)/t25-/m1/s1. The highest BCUT2D eigenvalue weighted by Gasteiger charge is 2.51. The first-order valence-electron chi connectivity index (χ1n) is 12.3. The van der Waals surface area contributed by atoms with Gasteiger partial charge in [0.2, 0.25) is 5.91 Å². The lowest BCUT2D eigenvalue weighted by Crippen LogP contribution is -2.51. The minimum absolute atomic E-state index is 0.0361. The second-order valence-corrected chi connectivity index (χ2v) is 9.50. The van der Waals surface area contributed by atoms with Gasteiger partial charge in [-0.3, -0.25) is 14.5 Å². The van der Waals surface area contributed by atoms with E-state index in [0.717, 1.165) is 16.7 Å². The predicted molar refractivity (Wildman–Crippen MR) is 137 cm³/mol. The van der Waals surface area contributed by atoms with Gasteiger partial charge in [0.15, 0.2) is 0 Å². The van der Waals surface area contributed by atoms with Crippen molar-refractivity contribution in [1.29, 1.82) is 0 Å². The van der Waals surface area contributed by atoms with E-state index in [2.05, 4.69) is 10.6 Å². The number of benzene rings is 3. The number of hydrogen-bond acceptors (Lipinski definition) is 4. The molecule has 5 rings (SSSR count). The van der Waals surface area contributed by atoms with Crippen molar-refractivity contribution < 1.29 is 14.4 Å². The second-order valence-electron chi connectivity index (χ2n) is 9.50. The zero-order valence-corrected chi connectivity index (χ0v) is 20.1. The largest absolute Gasteiger partial charge is 0.355 e. The predicted octanol–water partition coefficient (Wildman–Crippen LogP) is 3.28. The molecule has 1 atom stereocenters. The fourth-order valence-corrected chi connectivity index (χ4v) is 5.22. The lowest BCUT2D eigenvalue weighted by molar-refractivity contribution is -0.133. The molecule has 2 aliphatic rings. The first kappa shape index (κ1) is 23.8. The molecule has 0 radical (unpaired) electrons. The maximum absolute atomic E-state index is 14.0. The molecule has 2 saturated heterocycles. The van der Waals surface area contributed by atoms with Crippen LogP contribution in [-0.4, -0.2) is 52.9 Å². The summed E-state index contributed by atoms with van der Waals surface area (Å²) in [6, 6.07) is 28.7. The third-order valence-corrected chi connectivity index (χ3v) is 6.99. The van der Waals surface area contributed by atoms with E-state index in [4.69, 9.17) is 0 Å². The number of hydrogen-bond donors (Lipinski definition) is 2. The van der Waals surface area contributed by atoms with E-state index in [0.29, 0.717) is 25.9 Å². The highest BCUT2D eigenvalue weighted by molar-refractivity contribution is 6.07. The van der Waals surface area contributed by atoms with Gasteiger partial charge in [0.1, 0.15) is 5.54 Å². The van der Waals surface area contributed by atoms with Crippen LogP contribution in [0.1, 0.15) is 29.2 Å². The van der Waals surface area contributed by atoms with Crippen LogP contribution in [0, 0.1) is 0 Å². The third kappa shape index (κ3) is 5.02. The molecule has 0 bridgehead atoms. The Morgan fingerprint density at radius 2 is 1.33 bits per heavy atom. The molecular weight excluding hydrogens is 452 g/mol. The van der Waals surface area contributed by atoms with Crippen molar-refractivity contribution in [3.05, 3.63) is 108 Å². The van der Waals surface area contributed by atoms with Crippen molar-refractivity contribution >= 4 is 17.8 Å². The van der Waals surface area contributed by atoms with E-state index in [1.54, 1.807) is 0 Å². The first-order chi connectivity index (χ1) is 17.5. The number of nitrogens with zero attached hydrogens (tertiary/aromatic N) is 2. The molecule has 3 aromatic carbocycles.